The molecule has 0 aliphatic carbocycles. The molecule has 0 saturated heterocycles. The Morgan fingerprint density at radius 3 is 2.00 bits per heavy atom. The van der Waals surface area contributed by atoms with Crippen LogP contribution in [0.25, 0.3) is 0 Å². The first-order valence-electron chi connectivity index (χ1n) is 7.02. The predicted octanol–water partition coefficient (Wildman–Crippen LogP) is 4.55. The summed E-state index contributed by atoms with van der Waals surface area (Å²) >= 11 is 0. The van der Waals surface area contributed by atoms with Crippen LogP contribution in [0.15, 0.2) is 54.9 Å². The van der Waals surface area contributed by atoms with E-state index in [0.29, 0.717) is 11.4 Å². The number of rotatable bonds is 4. The second kappa shape index (κ2) is 5.87. The molecule has 0 atom stereocenters. The van der Waals surface area contributed by atoms with Gasteiger partial charge in [0.25, 0.3) is 0 Å². The van der Waals surface area contributed by atoms with Crippen molar-refractivity contribution >= 4 is 0 Å². The summed E-state index contributed by atoms with van der Waals surface area (Å²) in [6.07, 6.45) is -1.08. The fraction of sp³-hybridized carbons (Fsp3) is 0.176. The molecule has 0 unspecified atom stereocenters. The third-order valence-corrected chi connectivity index (χ3v) is 3.74. The zero-order chi connectivity index (χ0) is 16.4. The third kappa shape index (κ3) is 2.97. The summed E-state index contributed by atoms with van der Waals surface area (Å²) in [5, 5.41) is 0. The SMILES string of the molecule is COc1ccc(C(c2ccc[nH]2)c2ccc[nH]2)c(C(F)(F)F)c1. The van der Waals surface area contributed by atoms with Crippen LogP contribution in [0.5, 0.6) is 5.75 Å². The van der Waals surface area contributed by atoms with Crippen molar-refractivity contribution in [1.29, 1.82) is 0 Å². The van der Waals surface area contributed by atoms with Crippen LogP contribution in [-0.4, -0.2) is 17.1 Å². The highest BCUT2D eigenvalue weighted by Crippen LogP contribution is 2.41. The topological polar surface area (TPSA) is 40.8 Å². The van der Waals surface area contributed by atoms with E-state index in [2.05, 4.69) is 9.97 Å². The van der Waals surface area contributed by atoms with Crippen molar-refractivity contribution in [3.63, 3.8) is 0 Å². The van der Waals surface area contributed by atoms with Crippen LogP contribution in [0.3, 0.4) is 0 Å². The van der Waals surface area contributed by atoms with Crippen molar-refractivity contribution in [3.8, 4) is 5.75 Å². The zero-order valence-electron chi connectivity index (χ0n) is 12.3. The van der Waals surface area contributed by atoms with Crippen molar-refractivity contribution in [3.05, 3.63) is 77.4 Å². The Balaban J connectivity index is 2.21. The van der Waals surface area contributed by atoms with Gasteiger partial charge in [0.2, 0.25) is 0 Å². The Bertz CT molecular complexity index is 727. The maximum absolute atomic E-state index is 13.5. The normalized spacial score (nSPS) is 11.9. The van der Waals surface area contributed by atoms with Gasteiger partial charge in [-0.3, -0.25) is 0 Å². The molecule has 3 aromatic rings. The first-order valence-corrected chi connectivity index (χ1v) is 7.02. The summed E-state index contributed by atoms with van der Waals surface area (Å²) in [7, 11) is 1.35. The molecule has 0 spiro atoms. The number of halogens is 3. The standard InChI is InChI=1S/C17H15F3N2O/c1-23-11-6-7-12(13(10-11)17(18,19)20)16(14-4-2-8-21-14)15-5-3-9-22-15/h2-10,16,21-22H,1H3. The number of nitrogens with one attached hydrogen (secondary N) is 2. The maximum atomic E-state index is 13.5. The van der Waals surface area contributed by atoms with E-state index in [1.165, 1.54) is 13.2 Å². The molecule has 0 aliphatic heterocycles. The average Bonchev–Trinajstić information content (AvgIpc) is 3.20. The second-order valence-electron chi connectivity index (χ2n) is 5.13. The highest BCUT2D eigenvalue weighted by atomic mass is 19.4. The van der Waals surface area contributed by atoms with Crippen molar-refractivity contribution in [2.45, 2.75) is 12.1 Å². The second-order valence-corrected chi connectivity index (χ2v) is 5.13. The van der Waals surface area contributed by atoms with E-state index < -0.39 is 17.7 Å². The Labute approximate surface area is 131 Å². The molecule has 3 nitrogen and oxygen atoms in total. The Morgan fingerprint density at radius 2 is 1.57 bits per heavy atom. The highest BCUT2D eigenvalue weighted by molar-refractivity contribution is 5.46. The van der Waals surface area contributed by atoms with Gasteiger partial charge in [0.15, 0.2) is 0 Å². The predicted molar refractivity (Wildman–Crippen MR) is 80.5 cm³/mol. The summed E-state index contributed by atoms with van der Waals surface area (Å²) < 4.78 is 45.5. The number of alkyl halides is 3. The summed E-state index contributed by atoms with van der Waals surface area (Å²) in [6.45, 7) is 0. The van der Waals surface area contributed by atoms with Gasteiger partial charge >= 0.3 is 6.18 Å². The maximum Gasteiger partial charge on any atom is 0.416 e. The van der Waals surface area contributed by atoms with Gasteiger partial charge in [-0.25, -0.2) is 0 Å². The smallest absolute Gasteiger partial charge is 0.416 e. The fourth-order valence-corrected chi connectivity index (χ4v) is 2.71. The molecule has 0 bridgehead atoms. The molecule has 2 N–H and O–H groups in total. The molecule has 23 heavy (non-hydrogen) atoms. The molecule has 2 aromatic heterocycles. The van der Waals surface area contributed by atoms with Crippen LogP contribution in [-0.2, 0) is 6.18 Å². The minimum atomic E-state index is -4.47. The largest absolute Gasteiger partial charge is 0.497 e. The molecule has 3 rings (SSSR count). The zero-order valence-corrected chi connectivity index (χ0v) is 12.3. The third-order valence-electron chi connectivity index (χ3n) is 3.74. The number of benzene rings is 1. The van der Waals surface area contributed by atoms with Gasteiger partial charge in [0.05, 0.1) is 18.6 Å². The van der Waals surface area contributed by atoms with Gasteiger partial charge in [-0.05, 0) is 42.0 Å². The number of aromatic nitrogens is 2. The van der Waals surface area contributed by atoms with Crippen LogP contribution >= 0.6 is 0 Å². The Hall–Kier alpha value is -2.63. The van der Waals surface area contributed by atoms with Crippen molar-refractivity contribution in [1.82, 2.24) is 9.97 Å². The minimum absolute atomic E-state index is 0.170. The molecular weight excluding hydrogens is 305 g/mol. The lowest BCUT2D eigenvalue weighted by Gasteiger charge is -2.21. The van der Waals surface area contributed by atoms with Gasteiger partial charge in [-0.15, -0.1) is 0 Å². The van der Waals surface area contributed by atoms with Crippen LogP contribution < -0.4 is 4.74 Å². The number of methoxy groups -OCH3 is 1. The Kier molecular flexibility index (Phi) is 3.90. The minimum Gasteiger partial charge on any atom is -0.497 e. The molecule has 0 aliphatic rings. The number of ether oxygens (including phenoxy) is 1. The molecule has 0 fully saturated rings. The molecule has 6 heteroatoms. The quantitative estimate of drug-likeness (QED) is 0.727. The lowest BCUT2D eigenvalue weighted by atomic mass is 9.88. The first-order chi connectivity index (χ1) is 11.0. The molecule has 0 radical (unpaired) electrons. The van der Waals surface area contributed by atoms with Crippen LogP contribution in [0.2, 0.25) is 0 Å². The summed E-state index contributed by atoms with van der Waals surface area (Å²) in [5.74, 6) is -0.389. The Morgan fingerprint density at radius 1 is 0.957 bits per heavy atom. The van der Waals surface area contributed by atoms with Crippen LogP contribution in [0, 0.1) is 0 Å². The summed E-state index contributed by atoms with van der Waals surface area (Å²) in [5.41, 5.74) is 0.834. The summed E-state index contributed by atoms with van der Waals surface area (Å²) in [6, 6.07) is 11.1. The molecule has 0 saturated carbocycles. The number of aromatic amines is 2. The van der Waals surface area contributed by atoms with Gasteiger partial charge in [0.1, 0.15) is 5.75 Å². The molecule has 120 valence electrons. The first kappa shape index (κ1) is 15.3. The van der Waals surface area contributed by atoms with E-state index in [1.807, 2.05) is 0 Å². The van der Waals surface area contributed by atoms with Gasteiger partial charge in [0, 0.05) is 23.8 Å². The molecule has 0 amide bonds. The van der Waals surface area contributed by atoms with Gasteiger partial charge in [-0.1, -0.05) is 6.07 Å². The highest BCUT2D eigenvalue weighted by Gasteiger charge is 2.37. The van der Waals surface area contributed by atoms with E-state index in [0.717, 1.165) is 6.07 Å². The number of hydrogen-bond acceptors (Lipinski definition) is 1. The molecule has 2 heterocycles. The number of H-pyrrole nitrogens is 2. The van der Waals surface area contributed by atoms with E-state index in [1.54, 1.807) is 42.7 Å². The molecular formula is C17H15F3N2O. The van der Waals surface area contributed by atoms with Gasteiger partial charge < -0.3 is 14.7 Å². The lowest BCUT2D eigenvalue weighted by molar-refractivity contribution is -0.138. The van der Waals surface area contributed by atoms with E-state index in [9.17, 15) is 13.2 Å². The van der Waals surface area contributed by atoms with Crippen LogP contribution in [0.1, 0.15) is 28.4 Å². The van der Waals surface area contributed by atoms with Crippen molar-refractivity contribution < 1.29 is 17.9 Å². The van der Waals surface area contributed by atoms with E-state index >= 15 is 0 Å². The molecule has 1 aromatic carbocycles. The monoisotopic (exact) mass is 320 g/mol. The van der Waals surface area contributed by atoms with Crippen molar-refractivity contribution in [2.24, 2.45) is 0 Å². The van der Waals surface area contributed by atoms with Gasteiger partial charge in [-0.2, -0.15) is 13.2 Å². The van der Waals surface area contributed by atoms with Crippen LogP contribution in [0.4, 0.5) is 13.2 Å². The average molecular weight is 320 g/mol. The number of hydrogen-bond donors (Lipinski definition) is 2. The summed E-state index contributed by atoms with van der Waals surface area (Å²) in [4.78, 5) is 6.03. The van der Waals surface area contributed by atoms with Crippen molar-refractivity contribution in [2.75, 3.05) is 7.11 Å². The fourth-order valence-electron chi connectivity index (χ4n) is 2.71. The lowest BCUT2D eigenvalue weighted by Crippen LogP contribution is -2.14. The van der Waals surface area contributed by atoms with E-state index in [-0.39, 0.29) is 11.3 Å². The van der Waals surface area contributed by atoms with E-state index in [4.69, 9.17) is 4.74 Å².